The van der Waals surface area contributed by atoms with Crippen LogP contribution in [0.25, 0.3) is 0 Å². The van der Waals surface area contributed by atoms with Gasteiger partial charge in [0.1, 0.15) is 5.75 Å². The first-order chi connectivity index (χ1) is 9.36. The minimum Gasteiger partial charge on any atom is -0.493 e. The zero-order valence-corrected chi connectivity index (χ0v) is 11.4. The highest BCUT2D eigenvalue weighted by atomic mass is 16.7. The molecule has 4 heteroatoms. The van der Waals surface area contributed by atoms with Crippen LogP contribution in [0, 0.1) is 0 Å². The Kier molecular flexibility index (Phi) is 3.78. The fourth-order valence-corrected chi connectivity index (χ4v) is 2.11. The summed E-state index contributed by atoms with van der Waals surface area (Å²) in [4.78, 5) is 0. The Morgan fingerprint density at radius 2 is 2.05 bits per heavy atom. The standard InChI is InChI=1S/C15H21NO3/c1-2-3-6-17-13-8-15-14(18-10-19-15)7-11(13)9-16-12-4-5-12/h7-8,12,16H,2-6,9-10H2,1H3. The van der Waals surface area contributed by atoms with Crippen molar-refractivity contribution in [2.45, 2.75) is 45.2 Å². The van der Waals surface area contributed by atoms with Gasteiger partial charge in [-0.15, -0.1) is 0 Å². The first-order valence-corrected chi connectivity index (χ1v) is 7.15. The van der Waals surface area contributed by atoms with Gasteiger partial charge in [0.2, 0.25) is 6.79 Å². The molecular weight excluding hydrogens is 242 g/mol. The summed E-state index contributed by atoms with van der Waals surface area (Å²) in [6.45, 7) is 4.07. The van der Waals surface area contributed by atoms with Crippen molar-refractivity contribution in [2.75, 3.05) is 13.4 Å². The third-order valence-electron chi connectivity index (χ3n) is 3.47. The average molecular weight is 263 g/mol. The molecule has 1 aromatic rings. The summed E-state index contributed by atoms with van der Waals surface area (Å²) in [7, 11) is 0. The van der Waals surface area contributed by atoms with Gasteiger partial charge in [0, 0.05) is 24.2 Å². The van der Waals surface area contributed by atoms with Crippen LogP contribution < -0.4 is 19.5 Å². The monoisotopic (exact) mass is 263 g/mol. The van der Waals surface area contributed by atoms with Crippen LogP contribution in [0.4, 0.5) is 0 Å². The minimum atomic E-state index is 0.309. The van der Waals surface area contributed by atoms with E-state index in [-0.39, 0.29) is 0 Å². The summed E-state index contributed by atoms with van der Waals surface area (Å²) in [5, 5.41) is 3.52. The molecule has 0 aromatic heterocycles. The van der Waals surface area contributed by atoms with Crippen LogP contribution in [0.1, 0.15) is 38.2 Å². The number of unbranched alkanes of at least 4 members (excludes halogenated alkanes) is 1. The van der Waals surface area contributed by atoms with Gasteiger partial charge in [-0.1, -0.05) is 13.3 Å². The lowest BCUT2D eigenvalue weighted by Crippen LogP contribution is -2.16. The van der Waals surface area contributed by atoms with E-state index in [1.807, 2.05) is 12.1 Å². The molecule has 1 aliphatic heterocycles. The van der Waals surface area contributed by atoms with Crippen molar-refractivity contribution in [3.8, 4) is 17.2 Å². The summed E-state index contributed by atoms with van der Waals surface area (Å²) >= 11 is 0. The number of fused-ring (bicyclic) bond motifs is 1. The molecule has 2 aliphatic rings. The Morgan fingerprint density at radius 1 is 1.26 bits per heavy atom. The Labute approximate surface area is 114 Å². The molecule has 1 aliphatic carbocycles. The molecule has 104 valence electrons. The molecule has 1 heterocycles. The van der Waals surface area contributed by atoms with E-state index in [2.05, 4.69) is 12.2 Å². The van der Waals surface area contributed by atoms with E-state index in [1.165, 1.54) is 12.8 Å². The molecule has 0 atom stereocenters. The maximum Gasteiger partial charge on any atom is 0.231 e. The average Bonchev–Trinajstić information content (AvgIpc) is 3.14. The van der Waals surface area contributed by atoms with Crippen molar-refractivity contribution < 1.29 is 14.2 Å². The van der Waals surface area contributed by atoms with E-state index in [1.54, 1.807) is 0 Å². The third kappa shape index (κ3) is 3.13. The van der Waals surface area contributed by atoms with E-state index in [4.69, 9.17) is 14.2 Å². The quantitative estimate of drug-likeness (QED) is 0.768. The van der Waals surface area contributed by atoms with E-state index < -0.39 is 0 Å². The summed E-state index contributed by atoms with van der Waals surface area (Å²) in [6, 6.07) is 4.69. The maximum atomic E-state index is 5.88. The van der Waals surface area contributed by atoms with Crippen molar-refractivity contribution in [1.29, 1.82) is 0 Å². The number of ether oxygens (including phenoxy) is 3. The van der Waals surface area contributed by atoms with Crippen LogP contribution >= 0.6 is 0 Å². The zero-order valence-electron chi connectivity index (χ0n) is 11.4. The summed E-state index contributed by atoms with van der Waals surface area (Å²) in [6.07, 6.45) is 4.79. The van der Waals surface area contributed by atoms with Crippen molar-refractivity contribution in [3.05, 3.63) is 17.7 Å². The Morgan fingerprint density at radius 3 is 2.79 bits per heavy atom. The maximum absolute atomic E-state index is 5.88. The van der Waals surface area contributed by atoms with Gasteiger partial charge in [-0.2, -0.15) is 0 Å². The molecule has 1 N–H and O–H groups in total. The number of rotatable bonds is 7. The van der Waals surface area contributed by atoms with Crippen molar-refractivity contribution in [3.63, 3.8) is 0 Å². The van der Waals surface area contributed by atoms with Gasteiger partial charge in [-0.05, 0) is 25.3 Å². The summed E-state index contributed by atoms with van der Waals surface area (Å²) < 4.78 is 16.7. The topological polar surface area (TPSA) is 39.7 Å². The fraction of sp³-hybridized carbons (Fsp3) is 0.600. The molecule has 0 amide bonds. The van der Waals surface area contributed by atoms with Crippen LogP contribution in [-0.2, 0) is 6.54 Å². The van der Waals surface area contributed by atoms with Gasteiger partial charge in [0.25, 0.3) is 0 Å². The Hall–Kier alpha value is -1.42. The normalized spacial score (nSPS) is 16.7. The smallest absolute Gasteiger partial charge is 0.231 e. The van der Waals surface area contributed by atoms with Crippen molar-refractivity contribution in [1.82, 2.24) is 5.32 Å². The third-order valence-corrected chi connectivity index (χ3v) is 3.47. The van der Waals surface area contributed by atoms with Crippen molar-refractivity contribution in [2.24, 2.45) is 0 Å². The molecule has 0 unspecified atom stereocenters. The number of hydrogen-bond donors (Lipinski definition) is 1. The second-order valence-electron chi connectivity index (χ2n) is 5.17. The van der Waals surface area contributed by atoms with Gasteiger partial charge >= 0.3 is 0 Å². The van der Waals surface area contributed by atoms with Crippen LogP contribution in [-0.4, -0.2) is 19.4 Å². The zero-order chi connectivity index (χ0) is 13.1. The SMILES string of the molecule is CCCCOc1cc2c(cc1CNC1CC1)OCO2. The highest BCUT2D eigenvalue weighted by Gasteiger charge is 2.22. The lowest BCUT2D eigenvalue weighted by atomic mass is 10.1. The molecular formula is C15H21NO3. The Balaban J connectivity index is 1.72. The lowest BCUT2D eigenvalue weighted by Gasteiger charge is -2.13. The van der Waals surface area contributed by atoms with Gasteiger partial charge in [0.15, 0.2) is 11.5 Å². The van der Waals surface area contributed by atoms with Crippen LogP contribution in [0.15, 0.2) is 12.1 Å². The first-order valence-electron chi connectivity index (χ1n) is 7.15. The molecule has 1 saturated carbocycles. The molecule has 19 heavy (non-hydrogen) atoms. The molecule has 0 bridgehead atoms. The van der Waals surface area contributed by atoms with Gasteiger partial charge in [0.05, 0.1) is 6.61 Å². The Bertz CT molecular complexity index is 443. The predicted molar refractivity (Wildman–Crippen MR) is 72.8 cm³/mol. The highest BCUT2D eigenvalue weighted by Crippen LogP contribution is 2.38. The molecule has 0 radical (unpaired) electrons. The molecule has 3 rings (SSSR count). The van der Waals surface area contributed by atoms with Crippen LogP contribution in [0.2, 0.25) is 0 Å². The first kappa shape index (κ1) is 12.6. The lowest BCUT2D eigenvalue weighted by molar-refractivity contribution is 0.173. The molecule has 1 aromatic carbocycles. The second kappa shape index (κ2) is 5.70. The second-order valence-corrected chi connectivity index (χ2v) is 5.17. The van der Waals surface area contributed by atoms with E-state index in [0.717, 1.165) is 48.8 Å². The molecule has 1 fully saturated rings. The van der Waals surface area contributed by atoms with Crippen LogP contribution in [0.5, 0.6) is 17.2 Å². The summed E-state index contributed by atoms with van der Waals surface area (Å²) in [5.74, 6) is 2.54. The molecule has 0 saturated heterocycles. The van der Waals surface area contributed by atoms with E-state index >= 15 is 0 Å². The molecule has 0 spiro atoms. The predicted octanol–water partition coefficient (Wildman–Crippen LogP) is 2.85. The number of benzene rings is 1. The van der Waals surface area contributed by atoms with E-state index in [0.29, 0.717) is 12.8 Å². The minimum absolute atomic E-state index is 0.309. The largest absolute Gasteiger partial charge is 0.493 e. The van der Waals surface area contributed by atoms with Crippen molar-refractivity contribution >= 4 is 0 Å². The molecule has 4 nitrogen and oxygen atoms in total. The number of nitrogens with one attached hydrogen (secondary N) is 1. The van der Waals surface area contributed by atoms with Gasteiger partial charge in [-0.3, -0.25) is 0 Å². The van der Waals surface area contributed by atoms with Gasteiger partial charge < -0.3 is 19.5 Å². The number of hydrogen-bond acceptors (Lipinski definition) is 4. The summed E-state index contributed by atoms with van der Waals surface area (Å²) in [5.41, 5.74) is 1.16. The van der Waals surface area contributed by atoms with E-state index in [9.17, 15) is 0 Å². The fourth-order valence-electron chi connectivity index (χ4n) is 2.11. The van der Waals surface area contributed by atoms with Crippen LogP contribution in [0.3, 0.4) is 0 Å². The highest BCUT2D eigenvalue weighted by molar-refractivity contribution is 5.51. The van der Waals surface area contributed by atoms with Gasteiger partial charge in [-0.25, -0.2) is 0 Å².